The molecule has 0 radical (unpaired) electrons. The Hall–Kier alpha value is -4.73. The Balaban J connectivity index is -0.000000426. The highest BCUT2D eigenvalue weighted by Crippen LogP contribution is 2.40. The number of carbonyl (C=O) groups is 5. The molecule has 3 aromatic rings. The molecule has 5 amide bonds. The first-order valence-corrected chi connectivity index (χ1v) is 26.4. The van der Waals surface area contributed by atoms with E-state index in [0.29, 0.717) is 32.8 Å². The smallest absolute Gasteiger partial charge is 0.227 e. The van der Waals surface area contributed by atoms with Crippen LogP contribution in [-0.2, 0) is 49.3 Å². The number of hydrogen-bond acceptors (Lipinski definition) is 13. The second kappa shape index (κ2) is 45.3. The van der Waals surface area contributed by atoms with Crippen LogP contribution in [0.25, 0.3) is 0 Å². The van der Waals surface area contributed by atoms with E-state index < -0.39 is 22.7 Å². The SMILES string of the molecule is C.C.C.C.C.C.CCC(CC(C)(CC(C)(C)C(=O)NCNC(=O)CCOCCOP)C(=O)NCNC(=O)CCOCCOC)C(=O)NC(C)C.CN1Cc2ccccc2C#Cc2ccccc21.CSSc1ccccn1. The molecule has 19 heteroatoms. The van der Waals surface area contributed by atoms with Gasteiger partial charge in [-0.2, -0.15) is 0 Å². The lowest BCUT2D eigenvalue weighted by Gasteiger charge is -2.37. The van der Waals surface area contributed by atoms with E-state index in [1.807, 2.05) is 57.4 Å². The number of ether oxygens (including phenoxy) is 3. The van der Waals surface area contributed by atoms with Crippen LogP contribution in [0.4, 0.5) is 5.69 Å². The van der Waals surface area contributed by atoms with Crippen molar-refractivity contribution in [2.75, 3.05) is 78.3 Å². The number of hydrogen-bond donors (Lipinski definition) is 5. The van der Waals surface area contributed by atoms with E-state index in [1.165, 1.54) is 11.3 Å². The molecule has 434 valence electrons. The summed E-state index contributed by atoms with van der Waals surface area (Å²) in [7, 11) is 9.18. The fraction of sp³-hybridized carbons (Fsp3) is 0.579. The molecule has 16 nitrogen and oxygen atoms in total. The van der Waals surface area contributed by atoms with E-state index >= 15 is 0 Å². The van der Waals surface area contributed by atoms with Gasteiger partial charge in [-0.3, -0.25) is 24.0 Å². The standard InChI is InChI=1S/C29H56N5O9P.C16H13N.C6H7NS2.6CH4/c1-8-22(25(37)34-21(2)3)17-29(6,27(39)33-20-31-24(36)9-11-41-14-13-40-7)18-28(4,5)26(38)32-19-30-23(35)10-12-42-15-16-43-44;1-17-12-15-8-3-2-6-13(15)10-11-14-7-4-5-9-16(14)17;1-8-9-6-4-2-3-5-7-6;;;;;;/h21-22H,8-20,44H2,1-7H3,(H,30,35)(H,31,36)(H,32,38)(H,33,39)(H,34,37);2-9H,12H2,1H3;2-5H,1H3;6*1H4. The second-order valence-electron chi connectivity index (χ2n) is 17.4. The van der Waals surface area contributed by atoms with E-state index in [9.17, 15) is 24.0 Å². The summed E-state index contributed by atoms with van der Waals surface area (Å²) >= 11 is 0. The number of rotatable bonds is 27. The molecule has 3 unspecified atom stereocenters. The van der Waals surface area contributed by atoms with Crippen molar-refractivity contribution < 1.29 is 42.7 Å². The Kier molecular flexibility index (Phi) is 47.8. The van der Waals surface area contributed by atoms with Gasteiger partial charge in [0.05, 0.1) is 71.5 Å². The molecular weight excluding hydrogens is 1020 g/mol. The van der Waals surface area contributed by atoms with Crippen molar-refractivity contribution in [2.24, 2.45) is 16.7 Å². The lowest BCUT2D eigenvalue weighted by molar-refractivity contribution is -0.138. The monoisotopic (exact) mass is 1120 g/mol. The minimum Gasteiger partial charge on any atom is -0.382 e. The topological polar surface area (TPSA) is 199 Å². The molecule has 0 fully saturated rings. The van der Waals surface area contributed by atoms with Crippen molar-refractivity contribution in [1.29, 1.82) is 0 Å². The first-order chi connectivity index (χ1) is 33.5. The molecule has 5 N–H and O–H groups in total. The summed E-state index contributed by atoms with van der Waals surface area (Å²) in [5.74, 6) is 4.53. The predicted molar refractivity (Wildman–Crippen MR) is 324 cm³/mol. The molecular formula is C57H100N7O9PS2. The van der Waals surface area contributed by atoms with Crippen LogP contribution in [0.1, 0.15) is 135 Å². The maximum Gasteiger partial charge on any atom is 0.227 e. The van der Waals surface area contributed by atoms with Gasteiger partial charge in [0.15, 0.2) is 0 Å². The zero-order valence-corrected chi connectivity index (χ0v) is 45.2. The minimum atomic E-state index is -1.15. The third-order valence-corrected chi connectivity index (χ3v) is 12.5. The van der Waals surface area contributed by atoms with Gasteiger partial charge >= 0.3 is 0 Å². The molecule has 0 saturated carbocycles. The van der Waals surface area contributed by atoms with Crippen LogP contribution in [0.5, 0.6) is 0 Å². The van der Waals surface area contributed by atoms with E-state index in [-0.39, 0.29) is 126 Å². The molecule has 1 aliphatic rings. The number of para-hydroxylation sites is 1. The number of nitrogens with zero attached hydrogens (tertiary/aromatic N) is 2. The normalized spacial score (nSPS) is 11.8. The Morgan fingerprint density at radius 3 is 1.82 bits per heavy atom. The predicted octanol–water partition coefficient (Wildman–Crippen LogP) is 10.3. The Labute approximate surface area is 470 Å². The van der Waals surface area contributed by atoms with Crippen LogP contribution >= 0.6 is 31.1 Å². The van der Waals surface area contributed by atoms with Gasteiger partial charge in [-0.1, -0.05) is 131 Å². The zero-order chi connectivity index (χ0) is 51.8. The molecule has 0 bridgehead atoms. The summed E-state index contributed by atoms with van der Waals surface area (Å²) < 4.78 is 20.3. The Morgan fingerprint density at radius 1 is 0.737 bits per heavy atom. The number of methoxy groups -OCH3 is 1. The third-order valence-electron chi connectivity index (χ3n) is 10.7. The average Bonchev–Trinajstić information content (AvgIpc) is 3.32. The van der Waals surface area contributed by atoms with Gasteiger partial charge in [0, 0.05) is 70.3 Å². The van der Waals surface area contributed by atoms with Crippen molar-refractivity contribution in [3.63, 3.8) is 0 Å². The molecule has 4 rings (SSSR count). The van der Waals surface area contributed by atoms with Gasteiger partial charge in [0.25, 0.3) is 0 Å². The number of pyridine rings is 1. The second-order valence-corrected chi connectivity index (χ2v) is 20.2. The van der Waals surface area contributed by atoms with Crippen molar-refractivity contribution in [3.8, 4) is 11.8 Å². The number of carbonyl (C=O) groups excluding carboxylic acids is 5. The average molecular weight is 1120 g/mol. The summed E-state index contributed by atoms with van der Waals surface area (Å²) in [4.78, 5) is 70.3. The molecule has 2 heterocycles. The maximum atomic E-state index is 13.6. The van der Waals surface area contributed by atoms with Gasteiger partial charge < -0.3 is 50.2 Å². The summed E-state index contributed by atoms with van der Waals surface area (Å²) in [6.45, 7) is 13.4. The molecule has 0 aliphatic carbocycles. The van der Waals surface area contributed by atoms with E-state index in [1.54, 1.807) is 55.7 Å². The molecule has 0 saturated heterocycles. The lowest BCUT2D eigenvalue weighted by atomic mass is 9.68. The summed E-state index contributed by atoms with van der Waals surface area (Å²) in [5, 5.41) is 14.7. The van der Waals surface area contributed by atoms with Gasteiger partial charge in [-0.25, -0.2) is 4.98 Å². The van der Waals surface area contributed by atoms with Crippen LogP contribution in [0.15, 0.2) is 78.0 Å². The van der Waals surface area contributed by atoms with Crippen molar-refractivity contribution in [3.05, 3.63) is 89.6 Å². The van der Waals surface area contributed by atoms with Crippen molar-refractivity contribution in [1.82, 2.24) is 31.6 Å². The fourth-order valence-corrected chi connectivity index (χ4v) is 8.49. The minimum absolute atomic E-state index is 0. The highest BCUT2D eigenvalue weighted by Gasteiger charge is 2.44. The summed E-state index contributed by atoms with van der Waals surface area (Å²) in [6, 6.07) is 22.5. The van der Waals surface area contributed by atoms with Crippen molar-refractivity contribution in [2.45, 2.75) is 136 Å². The van der Waals surface area contributed by atoms with Crippen molar-refractivity contribution >= 4 is 66.3 Å². The largest absolute Gasteiger partial charge is 0.382 e. The summed E-state index contributed by atoms with van der Waals surface area (Å²) in [6.07, 6.45) is 4.87. The number of nitrogens with one attached hydrogen (secondary N) is 5. The van der Waals surface area contributed by atoms with Crippen LogP contribution in [0.2, 0.25) is 0 Å². The summed E-state index contributed by atoms with van der Waals surface area (Å²) in [5.41, 5.74) is 2.53. The van der Waals surface area contributed by atoms with Crippen LogP contribution < -0.4 is 31.5 Å². The van der Waals surface area contributed by atoms with Gasteiger partial charge in [0.2, 0.25) is 29.5 Å². The van der Waals surface area contributed by atoms with E-state index in [0.717, 1.165) is 22.7 Å². The van der Waals surface area contributed by atoms with Gasteiger partial charge in [-0.15, -0.1) is 0 Å². The van der Waals surface area contributed by atoms with E-state index in [2.05, 4.69) is 101 Å². The van der Waals surface area contributed by atoms with Crippen LogP contribution in [0.3, 0.4) is 0 Å². The third kappa shape index (κ3) is 32.1. The fourth-order valence-electron chi connectivity index (χ4n) is 7.18. The Bertz CT molecular complexity index is 2110. The molecule has 3 atom stereocenters. The highest BCUT2D eigenvalue weighted by molar-refractivity contribution is 8.76. The quantitative estimate of drug-likeness (QED) is 0.0159. The molecule has 2 aromatic carbocycles. The number of benzene rings is 2. The molecule has 1 aliphatic heterocycles. The van der Waals surface area contributed by atoms with Crippen LogP contribution in [-0.4, -0.2) is 114 Å². The first kappa shape index (κ1) is 80.1. The lowest BCUT2D eigenvalue weighted by Crippen LogP contribution is -2.51. The number of aromatic nitrogens is 1. The Morgan fingerprint density at radius 2 is 1.28 bits per heavy atom. The molecule has 76 heavy (non-hydrogen) atoms. The number of anilines is 1. The maximum absolute atomic E-state index is 13.6. The van der Waals surface area contributed by atoms with Gasteiger partial charge in [0.1, 0.15) is 5.03 Å². The highest BCUT2D eigenvalue weighted by atomic mass is 33.1. The van der Waals surface area contributed by atoms with E-state index in [4.69, 9.17) is 18.7 Å². The molecule has 1 aromatic heterocycles. The number of fused-ring (bicyclic) bond motifs is 2. The zero-order valence-electron chi connectivity index (χ0n) is 42.4. The van der Waals surface area contributed by atoms with Crippen LogP contribution in [0, 0.1) is 28.6 Å². The first-order valence-electron chi connectivity index (χ1n) is 23.4. The number of amides is 5. The molecule has 0 spiro atoms. The van der Waals surface area contributed by atoms with Gasteiger partial charge in [-0.05, 0) is 86.1 Å².